The van der Waals surface area contributed by atoms with Crippen LogP contribution in [0.5, 0.6) is 0 Å². The molecule has 2 fully saturated rings. The van der Waals surface area contributed by atoms with E-state index in [9.17, 15) is 45.0 Å². The number of aliphatic hydroxyl groups is 3. The molecule has 0 saturated carbocycles. The van der Waals surface area contributed by atoms with E-state index >= 15 is 0 Å². The van der Waals surface area contributed by atoms with Crippen molar-refractivity contribution in [2.45, 2.75) is 68.4 Å². The minimum absolute atomic E-state index is 0.106. The summed E-state index contributed by atoms with van der Waals surface area (Å²) >= 11 is 0. The van der Waals surface area contributed by atoms with Gasteiger partial charge in [0.15, 0.2) is 5.79 Å². The molecule has 0 spiro atoms. The molecule has 2 saturated heterocycles. The van der Waals surface area contributed by atoms with Gasteiger partial charge in [-0.1, -0.05) is 48.9 Å². The number of hydrogen-bond acceptors (Lipinski definition) is 8. The number of carboxylic acid groups (broad SMARTS) is 3. The number of aliphatic carboxylic acids is 3. The van der Waals surface area contributed by atoms with Gasteiger partial charge < -0.3 is 40.1 Å². The van der Waals surface area contributed by atoms with Crippen LogP contribution in [0.3, 0.4) is 0 Å². The molecule has 0 radical (unpaired) electrons. The van der Waals surface area contributed by atoms with Gasteiger partial charge in [-0.15, -0.1) is 0 Å². The monoisotopic (exact) mass is 480 g/mol. The molecule has 2 bridgehead atoms. The summed E-state index contributed by atoms with van der Waals surface area (Å²) in [4.78, 5) is 35.7. The molecule has 0 amide bonds. The lowest BCUT2D eigenvalue weighted by Crippen LogP contribution is -2.77. The molecule has 1 aromatic rings. The van der Waals surface area contributed by atoms with Crippen molar-refractivity contribution in [1.82, 2.24) is 0 Å². The fraction of sp³-hybridized carbons (Fsp3) is 0.522. The first-order chi connectivity index (χ1) is 15.8. The number of rotatable bonds is 9. The van der Waals surface area contributed by atoms with Crippen LogP contribution >= 0.6 is 0 Å². The first-order valence-corrected chi connectivity index (χ1v) is 10.7. The Labute approximate surface area is 194 Å². The van der Waals surface area contributed by atoms with E-state index in [-0.39, 0.29) is 18.8 Å². The second-order valence-corrected chi connectivity index (χ2v) is 8.93. The number of benzene rings is 1. The minimum atomic E-state index is -3.72. The quantitative estimate of drug-likeness (QED) is 0.264. The van der Waals surface area contributed by atoms with Crippen LogP contribution in [0.15, 0.2) is 42.0 Å². The van der Waals surface area contributed by atoms with E-state index in [1.165, 1.54) is 0 Å². The fourth-order valence-corrected chi connectivity index (χ4v) is 4.81. The van der Waals surface area contributed by atoms with Gasteiger partial charge in [-0.2, -0.15) is 0 Å². The maximum absolute atomic E-state index is 12.1. The van der Waals surface area contributed by atoms with Gasteiger partial charge in [-0.05, 0) is 31.2 Å². The van der Waals surface area contributed by atoms with E-state index in [2.05, 4.69) is 0 Å². The molecule has 3 rings (SSSR count). The SMILES string of the molecule is C/C(=C\[C@@H](C)Cc1ccccc1)CC[C@]12O[C@H](C(=O)O)[C@@](O)(C(=O)O)[C@](C(=O)O)(O1)[C@H](O)[C@H]2O. The number of hydrogen-bond donors (Lipinski definition) is 6. The van der Waals surface area contributed by atoms with Crippen molar-refractivity contribution in [2.75, 3.05) is 0 Å². The Morgan fingerprint density at radius 2 is 1.68 bits per heavy atom. The van der Waals surface area contributed by atoms with Crippen molar-refractivity contribution in [3.05, 3.63) is 47.5 Å². The third kappa shape index (κ3) is 3.89. The molecule has 186 valence electrons. The first kappa shape index (κ1) is 25.8. The number of ether oxygens (including phenoxy) is 2. The zero-order chi connectivity index (χ0) is 25.5. The topological polar surface area (TPSA) is 191 Å². The van der Waals surface area contributed by atoms with E-state index in [1.807, 2.05) is 43.3 Å². The summed E-state index contributed by atoms with van der Waals surface area (Å²) < 4.78 is 10.6. The molecule has 7 atom stereocenters. The Kier molecular flexibility index (Phi) is 6.89. The van der Waals surface area contributed by atoms with Gasteiger partial charge in [-0.25, -0.2) is 14.4 Å². The van der Waals surface area contributed by atoms with Gasteiger partial charge in [-0.3, -0.25) is 0 Å². The molecule has 2 heterocycles. The van der Waals surface area contributed by atoms with Crippen LogP contribution < -0.4 is 0 Å². The molecule has 2 aliphatic rings. The zero-order valence-corrected chi connectivity index (χ0v) is 18.6. The van der Waals surface area contributed by atoms with Crippen LogP contribution in [0, 0.1) is 5.92 Å². The van der Waals surface area contributed by atoms with Gasteiger partial charge in [0.05, 0.1) is 0 Å². The molecular weight excluding hydrogens is 452 g/mol. The lowest BCUT2D eigenvalue weighted by Gasteiger charge is -2.48. The van der Waals surface area contributed by atoms with Crippen molar-refractivity contribution in [2.24, 2.45) is 5.92 Å². The number of carboxylic acids is 3. The van der Waals surface area contributed by atoms with Gasteiger partial charge in [0.1, 0.15) is 12.2 Å². The summed E-state index contributed by atoms with van der Waals surface area (Å²) in [6.07, 6.45) is -4.76. The summed E-state index contributed by atoms with van der Waals surface area (Å²) in [6, 6.07) is 9.73. The lowest BCUT2D eigenvalue weighted by atomic mass is 9.74. The molecule has 0 unspecified atom stereocenters. The number of allylic oxidation sites excluding steroid dienone is 2. The van der Waals surface area contributed by atoms with Crippen molar-refractivity contribution >= 4 is 17.9 Å². The average molecular weight is 480 g/mol. The summed E-state index contributed by atoms with van der Waals surface area (Å²) in [7, 11) is 0. The number of aliphatic hydroxyl groups excluding tert-OH is 2. The summed E-state index contributed by atoms with van der Waals surface area (Å²) in [5.41, 5.74) is -5.20. The van der Waals surface area contributed by atoms with E-state index in [1.54, 1.807) is 6.92 Å². The molecule has 1 aromatic carbocycles. The van der Waals surface area contributed by atoms with E-state index in [0.717, 1.165) is 17.6 Å². The highest BCUT2D eigenvalue weighted by molar-refractivity contribution is 5.97. The molecule has 11 nitrogen and oxygen atoms in total. The maximum Gasteiger partial charge on any atom is 0.343 e. The van der Waals surface area contributed by atoms with Crippen LogP contribution in [0.1, 0.15) is 32.3 Å². The average Bonchev–Trinajstić information content (AvgIpc) is 2.96. The van der Waals surface area contributed by atoms with Gasteiger partial charge >= 0.3 is 17.9 Å². The van der Waals surface area contributed by atoms with Crippen molar-refractivity contribution in [3.8, 4) is 0 Å². The van der Waals surface area contributed by atoms with Crippen molar-refractivity contribution < 1.29 is 54.5 Å². The molecule has 0 aromatic heterocycles. The smallest absolute Gasteiger partial charge is 0.343 e. The van der Waals surface area contributed by atoms with Gasteiger partial charge in [0.2, 0.25) is 17.3 Å². The Bertz CT molecular complexity index is 992. The van der Waals surface area contributed by atoms with Crippen LogP contribution in [0.25, 0.3) is 0 Å². The van der Waals surface area contributed by atoms with Crippen molar-refractivity contribution in [3.63, 3.8) is 0 Å². The maximum atomic E-state index is 12.1. The molecule has 2 aliphatic heterocycles. The highest BCUT2D eigenvalue weighted by Crippen LogP contribution is 2.54. The second-order valence-electron chi connectivity index (χ2n) is 8.93. The second kappa shape index (κ2) is 9.08. The normalized spacial score (nSPS) is 36.1. The molecular formula is C23H28O11. The number of carbonyl (C=O) groups is 3. The highest BCUT2D eigenvalue weighted by Gasteiger charge is 2.84. The zero-order valence-electron chi connectivity index (χ0n) is 18.6. The molecule has 0 aliphatic carbocycles. The van der Waals surface area contributed by atoms with Crippen LogP contribution in [-0.2, 0) is 30.3 Å². The van der Waals surface area contributed by atoms with Gasteiger partial charge in [0.25, 0.3) is 0 Å². The lowest BCUT2D eigenvalue weighted by molar-refractivity contribution is -0.373. The predicted octanol–water partition coefficient (Wildman–Crippen LogP) is 0.163. The minimum Gasteiger partial charge on any atom is -0.479 e. The Morgan fingerprint density at radius 3 is 2.21 bits per heavy atom. The fourth-order valence-electron chi connectivity index (χ4n) is 4.81. The van der Waals surface area contributed by atoms with Crippen LogP contribution in [-0.4, -0.2) is 83.8 Å². The Balaban J connectivity index is 1.89. The number of fused-ring (bicyclic) bond motifs is 2. The van der Waals surface area contributed by atoms with E-state index in [4.69, 9.17) is 9.47 Å². The highest BCUT2D eigenvalue weighted by atomic mass is 16.8. The largest absolute Gasteiger partial charge is 0.479 e. The molecule has 34 heavy (non-hydrogen) atoms. The molecule has 11 heteroatoms. The van der Waals surface area contributed by atoms with Crippen LogP contribution in [0.2, 0.25) is 0 Å². The predicted molar refractivity (Wildman–Crippen MR) is 114 cm³/mol. The van der Waals surface area contributed by atoms with Crippen LogP contribution in [0.4, 0.5) is 0 Å². The molecule has 6 N–H and O–H groups in total. The summed E-state index contributed by atoms with van der Waals surface area (Å²) in [5, 5.41) is 60.8. The van der Waals surface area contributed by atoms with E-state index < -0.39 is 53.2 Å². The standard InChI is InChI=1S/C23H28O11/c1-12(10-13(2)11-14-6-4-3-5-7-14)8-9-21-15(24)16(25)23(34-21,20(30)31)22(32,19(28)29)17(33-21)18(26)27/h3-7,10,13,15-17,24-25,32H,8-9,11H2,1-2H3,(H,26,27)(H,28,29)(H,30,31)/b12-10+/t13-,15-,16-,17-,21+,22-,23+/m1/s1. The third-order valence-corrected chi connectivity index (χ3v) is 6.47. The summed E-state index contributed by atoms with van der Waals surface area (Å²) in [6.45, 7) is 3.75. The third-order valence-electron chi connectivity index (χ3n) is 6.47. The Hall–Kier alpha value is -2.83. The van der Waals surface area contributed by atoms with Gasteiger partial charge in [0, 0.05) is 6.42 Å². The first-order valence-electron chi connectivity index (χ1n) is 10.7. The Morgan fingerprint density at radius 1 is 1.06 bits per heavy atom. The summed E-state index contributed by atoms with van der Waals surface area (Å²) in [5.74, 6) is -8.71. The van der Waals surface area contributed by atoms with Crippen molar-refractivity contribution in [1.29, 1.82) is 0 Å². The van der Waals surface area contributed by atoms with E-state index in [0.29, 0.717) is 0 Å².